The molecule has 0 aliphatic carbocycles. The molecule has 3 aromatic rings. The van der Waals surface area contributed by atoms with Gasteiger partial charge in [0.1, 0.15) is 0 Å². The standard InChI is InChI=1S/C18H13Cl2N5O2/c19-11-6-7-12(13(20)8-11)16(27)22-17-23-18-21-15(26)9-14(25(18)24-17)10-4-2-1-3-5-10/h1-8,14H,9H2,(H2,21,22,23,24,26,27)/t14-/m1/s1. The molecule has 2 aromatic carbocycles. The summed E-state index contributed by atoms with van der Waals surface area (Å²) in [6, 6.07) is 13.8. The summed E-state index contributed by atoms with van der Waals surface area (Å²) in [5.41, 5.74) is 1.18. The zero-order chi connectivity index (χ0) is 19.0. The molecule has 1 aliphatic heterocycles. The van der Waals surface area contributed by atoms with Gasteiger partial charge in [0.15, 0.2) is 0 Å². The highest BCUT2D eigenvalue weighted by Crippen LogP contribution is 2.30. The Morgan fingerprint density at radius 1 is 1.19 bits per heavy atom. The molecule has 7 nitrogen and oxygen atoms in total. The second-order valence-corrected chi connectivity index (χ2v) is 6.80. The molecule has 0 saturated heterocycles. The van der Waals surface area contributed by atoms with Crippen LogP contribution in [0.25, 0.3) is 0 Å². The summed E-state index contributed by atoms with van der Waals surface area (Å²) in [6.45, 7) is 0. The van der Waals surface area contributed by atoms with E-state index < -0.39 is 5.91 Å². The van der Waals surface area contributed by atoms with Crippen LogP contribution in [0.4, 0.5) is 11.9 Å². The van der Waals surface area contributed by atoms with Crippen LogP contribution in [0, 0.1) is 0 Å². The van der Waals surface area contributed by atoms with E-state index in [1.54, 1.807) is 10.7 Å². The molecule has 0 fully saturated rings. The molecule has 0 unspecified atom stereocenters. The summed E-state index contributed by atoms with van der Waals surface area (Å²) in [7, 11) is 0. The van der Waals surface area contributed by atoms with Gasteiger partial charge in [-0.3, -0.25) is 20.2 Å². The van der Waals surface area contributed by atoms with Gasteiger partial charge in [0, 0.05) is 5.02 Å². The summed E-state index contributed by atoms with van der Waals surface area (Å²) in [5.74, 6) is -0.286. The van der Waals surface area contributed by atoms with Gasteiger partial charge in [-0.15, -0.1) is 5.10 Å². The van der Waals surface area contributed by atoms with Crippen LogP contribution in [0.5, 0.6) is 0 Å². The molecule has 136 valence electrons. The molecule has 2 heterocycles. The fourth-order valence-corrected chi connectivity index (χ4v) is 3.39. The number of rotatable bonds is 3. The fraction of sp³-hybridized carbons (Fsp3) is 0.111. The lowest BCUT2D eigenvalue weighted by Crippen LogP contribution is -2.29. The first kappa shape index (κ1) is 17.5. The van der Waals surface area contributed by atoms with Crippen molar-refractivity contribution in [2.75, 3.05) is 10.6 Å². The molecule has 9 heteroatoms. The Balaban J connectivity index is 1.63. The number of fused-ring (bicyclic) bond motifs is 1. The van der Waals surface area contributed by atoms with E-state index in [0.717, 1.165) is 5.56 Å². The van der Waals surface area contributed by atoms with Gasteiger partial charge < -0.3 is 0 Å². The summed E-state index contributed by atoms with van der Waals surface area (Å²) in [6.07, 6.45) is 0.233. The van der Waals surface area contributed by atoms with Crippen molar-refractivity contribution < 1.29 is 9.59 Å². The Labute approximate surface area is 164 Å². The maximum absolute atomic E-state index is 12.5. The van der Waals surface area contributed by atoms with Crippen LogP contribution < -0.4 is 10.6 Å². The Hall–Kier alpha value is -2.90. The molecule has 2 amide bonds. The fourth-order valence-electron chi connectivity index (χ4n) is 2.89. The third-order valence-corrected chi connectivity index (χ3v) is 4.69. The predicted molar refractivity (Wildman–Crippen MR) is 102 cm³/mol. The molecule has 27 heavy (non-hydrogen) atoms. The average Bonchev–Trinajstić information content (AvgIpc) is 3.03. The van der Waals surface area contributed by atoms with Crippen LogP contribution in [-0.4, -0.2) is 26.6 Å². The van der Waals surface area contributed by atoms with Crippen LogP contribution >= 0.6 is 23.2 Å². The highest BCUT2D eigenvalue weighted by molar-refractivity contribution is 6.37. The van der Waals surface area contributed by atoms with Gasteiger partial charge in [-0.1, -0.05) is 53.5 Å². The number of hydrogen-bond donors (Lipinski definition) is 2. The van der Waals surface area contributed by atoms with E-state index in [4.69, 9.17) is 23.2 Å². The Morgan fingerprint density at radius 3 is 2.70 bits per heavy atom. The highest BCUT2D eigenvalue weighted by Gasteiger charge is 2.29. The molecule has 0 radical (unpaired) electrons. The third kappa shape index (κ3) is 3.51. The minimum atomic E-state index is -0.470. The monoisotopic (exact) mass is 401 g/mol. The van der Waals surface area contributed by atoms with Crippen molar-refractivity contribution in [3.63, 3.8) is 0 Å². The number of carbonyl (C=O) groups is 2. The quantitative estimate of drug-likeness (QED) is 0.698. The zero-order valence-corrected chi connectivity index (χ0v) is 15.3. The highest BCUT2D eigenvalue weighted by atomic mass is 35.5. The number of nitrogens with zero attached hydrogens (tertiary/aromatic N) is 3. The summed E-state index contributed by atoms with van der Waals surface area (Å²) in [4.78, 5) is 28.7. The van der Waals surface area contributed by atoms with Gasteiger partial charge >= 0.3 is 0 Å². The lowest BCUT2D eigenvalue weighted by atomic mass is 10.0. The number of hydrogen-bond acceptors (Lipinski definition) is 4. The normalized spacial score (nSPS) is 15.8. The van der Waals surface area contributed by atoms with E-state index in [-0.39, 0.29) is 40.9 Å². The van der Waals surface area contributed by atoms with E-state index in [2.05, 4.69) is 20.7 Å². The lowest BCUT2D eigenvalue weighted by molar-refractivity contribution is -0.117. The summed E-state index contributed by atoms with van der Waals surface area (Å²) in [5, 5.41) is 10.3. The molecule has 0 bridgehead atoms. The molecular weight excluding hydrogens is 389 g/mol. The summed E-state index contributed by atoms with van der Waals surface area (Å²) >= 11 is 11.9. The molecule has 1 atom stereocenters. The van der Waals surface area contributed by atoms with Crippen LogP contribution in [-0.2, 0) is 4.79 Å². The van der Waals surface area contributed by atoms with Gasteiger partial charge in [-0.05, 0) is 23.8 Å². The predicted octanol–water partition coefficient (Wildman–Crippen LogP) is 3.77. The lowest BCUT2D eigenvalue weighted by Gasteiger charge is -2.23. The third-order valence-electron chi connectivity index (χ3n) is 4.14. The van der Waals surface area contributed by atoms with E-state index >= 15 is 0 Å². The van der Waals surface area contributed by atoms with Crippen molar-refractivity contribution in [1.82, 2.24) is 14.8 Å². The van der Waals surface area contributed by atoms with Crippen molar-refractivity contribution in [2.45, 2.75) is 12.5 Å². The Morgan fingerprint density at radius 2 is 1.96 bits per heavy atom. The van der Waals surface area contributed by atoms with Crippen molar-refractivity contribution in [2.24, 2.45) is 0 Å². The largest absolute Gasteiger partial charge is 0.295 e. The number of amides is 2. The molecule has 2 N–H and O–H groups in total. The molecule has 0 spiro atoms. The first-order chi connectivity index (χ1) is 13.0. The summed E-state index contributed by atoms with van der Waals surface area (Å²) < 4.78 is 1.59. The first-order valence-electron chi connectivity index (χ1n) is 8.09. The van der Waals surface area contributed by atoms with Gasteiger partial charge in [0.2, 0.25) is 11.9 Å². The number of nitrogens with one attached hydrogen (secondary N) is 2. The SMILES string of the molecule is O=C1C[C@H](c2ccccc2)n2nc(NC(=O)c3ccc(Cl)cc3Cl)nc2N1. The van der Waals surface area contributed by atoms with Crippen LogP contribution in [0.15, 0.2) is 48.5 Å². The van der Waals surface area contributed by atoms with E-state index in [1.807, 2.05) is 30.3 Å². The Bertz CT molecular complexity index is 1040. The number of aromatic nitrogens is 3. The van der Waals surface area contributed by atoms with E-state index in [0.29, 0.717) is 5.02 Å². The van der Waals surface area contributed by atoms with E-state index in [1.165, 1.54) is 12.1 Å². The van der Waals surface area contributed by atoms with Gasteiger partial charge in [0.05, 0.1) is 23.0 Å². The number of halogens is 2. The minimum Gasteiger partial charge on any atom is -0.295 e. The van der Waals surface area contributed by atoms with Crippen molar-refractivity contribution in [3.05, 3.63) is 69.7 Å². The molecule has 4 rings (SSSR count). The van der Waals surface area contributed by atoms with Crippen LogP contribution in [0.1, 0.15) is 28.4 Å². The zero-order valence-electron chi connectivity index (χ0n) is 13.8. The second-order valence-electron chi connectivity index (χ2n) is 5.96. The minimum absolute atomic E-state index is 0.0733. The maximum Gasteiger partial charge on any atom is 0.259 e. The Kier molecular flexibility index (Phi) is 4.55. The molecule has 0 saturated carbocycles. The van der Waals surface area contributed by atoms with Crippen molar-refractivity contribution >= 4 is 46.9 Å². The van der Waals surface area contributed by atoms with E-state index in [9.17, 15) is 9.59 Å². The first-order valence-corrected chi connectivity index (χ1v) is 8.84. The van der Waals surface area contributed by atoms with Crippen LogP contribution in [0.2, 0.25) is 10.0 Å². The van der Waals surface area contributed by atoms with Crippen LogP contribution in [0.3, 0.4) is 0 Å². The van der Waals surface area contributed by atoms with Gasteiger partial charge in [-0.25, -0.2) is 4.68 Å². The van der Waals surface area contributed by atoms with Crippen molar-refractivity contribution in [1.29, 1.82) is 0 Å². The van der Waals surface area contributed by atoms with Gasteiger partial charge in [-0.2, -0.15) is 4.98 Å². The molecule has 1 aliphatic rings. The maximum atomic E-state index is 12.5. The number of carbonyl (C=O) groups excluding carboxylic acids is 2. The number of benzene rings is 2. The molecular formula is C18H13Cl2N5O2. The topological polar surface area (TPSA) is 88.9 Å². The smallest absolute Gasteiger partial charge is 0.259 e. The second kappa shape index (κ2) is 7.02. The molecule has 1 aromatic heterocycles. The number of anilines is 2. The van der Waals surface area contributed by atoms with Gasteiger partial charge in [0.25, 0.3) is 11.9 Å². The average molecular weight is 402 g/mol. The van der Waals surface area contributed by atoms with Crippen molar-refractivity contribution in [3.8, 4) is 0 Å².